The number of ether oxygens (including phenoxy) is 1. The van der Waals surface area contributed by atoms with Crippen molar-refractivity contribution in [2.45, 2.75) is 39.0 Å². The number of hydrogen-bond donors (Lipinski definition) is 4. The van der Waals surface area contributed by atoms with Gasteiger partial charge in [0.05, 0.1) is 21.2 Å². The summed E-state index contributed by atoms with van der Waals surface area (Å²) in [5.41, 5.74) is 1.17. The molecule has 39 heavy (non-hydrogen) atoms. The van der Waals surface area contributed by atoms with E-state index < -0.39 is 67.5 Å². The second kappa shape index (κ2) is 10.8. The number of fused-ring (bicyclic) bond motifs is 1. The SMILES string of the molecule is CCOc1ccc2c(c1)CCN(C(=O)CN1CC(=O)NS1(O)O)[C@H]2C(=O)Nc1cc(F)c([Si](C)(C)C)c(F)c1. The predicted molar refractivity (Wildman–Crippen MR) is 146 cm³/mol. The smallest absolute Gasteiger partial charge is 0.255 e. The van der Waals surface area contributed by atoms with Crippen LogP contribution in [0, 0.1) is 11.6 Å². The van der Waals surface area contributed by atoms with Crippen LogP contribution >= 0.6 is 11.0 Å². The van der Waals surface area contributed by atoms with Crippen molar-refractivity contribution in [3.63, 3.8) is 0 Å². The molecule has 4 rings (SSSR count). The minimum Gasteiger partial charge on any atom is -0.494 e. The Hall–Kier alpha value is -3.04. The van der Waals surface area contributed by atoms with Crippen molar-refractivity contribution in [1.29, 1.82) is 0 Å². The van der Waals surface area contributed by atoms with Crippen molar-refractivity contribution in [2.75, 3.05) is 31.6 Å². The van der Waals surface area contributed by atoms with Gasteiger partial charge in [-0.2, -0.15) is 4.31 Å². The van der Waals surface area contributed by atoms with E-state index in [1.807, 2.05) is 31.3 Å². The van der Waals surface area contributed by atoms with Crippen molar-refractivity contribution in [3.8, 4) is 5.75 Å². The first-order valence-corrected chi connectivity index (χ1v) is 17.4. The third-order valence-electron chi connectivity index (χ3n) is 6.52. The van der Waals surface area contributed by atoms with Crippen molar-refractivity contribution in [1.82, 2.24) is 13.9 Å². The average molecular weight is 583 g/mol. The Balaban J connectivity index is 1.66. The first-order chi connectivity index (χ1) is 18.2. The number of amides is 3. The summed E-state index contributed by atoms with van der Waals surface area (Å²) in [6, 6.07) is 6.06. The van der Waals surface area contributed by atoms with Gasteiger partial charge >= 0.3 is 0 Å². The highest BCUT2D eigenvalue weighted by atomic mass is 32.3. The zero-order valence-electron chi connectivity index (χ0n) is 22.1. The molecule has 0 unspecified atom stereocenters. The van der Waals surface area contributed by atoms with Gasteiger partial charge in [-0.3, -0.25) is 23.5 Å². The molecule has 14 heteroatoms. The molecule has 2 heterocycles. The van der Waals surface area contributed by atoms with E-state index in [9.17, 15) is 32.3 Å². The lowest BCUT2D eigenvalue weighted by Gasteiger charge is -2.39. The summed E-state index contributed by atoms with van der Waals surface area (Å²) in [4.78, 5) is 39.9. The number of nitrogens with one attached hydrogen (secondary N) is 2. The Bertz CT molecular complexity index is 1300. The molecular formula is C25H32F2N4O6SSi. The Morgan fingerprint density at radius 3 is 2.41 bits per heavy atom. The number of anilines is 1. The number of benzene rings is 2. The monoisotopic (exact) mass is 582 g/mol. The van der Waals surface area contributed by atoms with Crippen LogP contribution in [-0.4, -0.2) is 70.3 Å². The lowest BCUT2D eigenvalue weighted by molar-refractivity contribution is -0.139. The summed E-state index contributed by atoms with van der Waals surface area (Å²) in [6.45, 7) is 6.88. The molecule has 4 N–H and O–H groups in total. The Morgan fingerprint density at radius 2 is 1.85 bits per heavy atom. The van der Waals surface area contributed by atoms with E-state index in [1.54, 1.807) is 18.2 Å². The molecule has 0 saturated carbocycles. The Morgan fingerprint density at radius 1 is 1.18 bits per heavy atom. The summed E-state index contributed by atoms with van der Waals surface area (Å²) < 4.78 is 58.5. The first-order valence-electron chi connectivity index (χ1n) is 12.4. The zero-order valence-corrected chi connectivity index (χ0v) is 23.9. The van der Waals surface area contributed by atoms with Crippen LogP contribution in [0.1, 0.15) is 24.1 Å². The molecule has 0 aromatic heterocycles. The van der Waals surface area contributed by atoms with Gasteiger partial charge in [-0.25, -0.2) is 13.5 Å². The number of hydrogen-bond acceptors (Lipinski definition) is 7. The van der Waals surface area contributed by atoms with Crippen LogP contribution in [0.5, 0.6) is 5.75 Å². The lowest BCUT2D eigenvalue weighted by atomic mass is 9.91. The number of halogens is 2. The van der Waals surface area contributed by atoms with Gasteiger partial charge in [-0.05, 0) is 59.7 Å². The van der Waals surface area contributed by atoms with Crippen molar-refractivity contribution in [3.05, 3.63) is 53.1 Å². The summed E-state index contributed by atoms with van der Waals surface area (Å²) in [5, 5.41) is 2.58. The molecule has 1 atom stereocenters. The normalized spacial score (nSPS) is 19.7. The average Bonchev–Trinajstić information content (AvgIpc) is 3.07. The molecule has 0 radical (unpaired) electrons. The van der Waals surface area contributed by atoms with Crippen LogP contribution in [0.4, 0.5) is 14.5 Å². The molecule has 1 saturated heterocycles. The molecule has 0 spiro atoms. The van der Waals surface area contributed by atoms with E-state index in [1.165, 1.54) is 4.90 Å². The third kappa shape index (κ3) is 6.09. The van der Waals surface area contributed by atoms with E-state index in [2.05, 4.69) is 5.32 Å². The lowest BCUT2D eigenvalue weighted by Crippen LogP contribution is -2.49. The third-order valence-corrected chi connectivity index (χ3v) is 9.98. The van der Waals surface area contributed by atoms with Crippen LogP contribution in [0.3, 0.4) is 0 Å². The number of rotatable bonds is 7. The molecule has 2 aromatic rings. The fourth-order valence-electron chi connectivity index (χ4n) is 4.87. The standard InChI is InChI=1S/C25H32F2N4O6SSi/c1-5-37-17-6-7-18-15(10-17)8-9-31(22(33)14-30-13-21(32)29-38(30,35)36)23(18)25(34)28-16-11-19(26)24(20(27)12-16)39(2,3)4/h6-7,10-12,23,35-36H,5,8-9,13-14H2,1-4H3,(H,28,34)(H,29,32)/t23-/m1/s1. The number of carbonyl (C=O) groups excluding carboxylic acids is 3. The van der Waals surface area contributed by atoms with Gasteiger partial charge in [0.2, 0.25) is 5.91 Å². The molecule has 3 amide bonds. The van der Waals surface area contributed by atoms with E-state index in [0.29, 0.717) is 24.3 Å². The summed E-state index contributed by atoms with van der Waals surface area (Å²) in [7, 11) is -6.00. The highest BCUT2D eigenvalue weighted by molar-refractivity contribution is 8.21. The zero-order chi connectivity index (χ0) is 28.7. The first kappa shape index (κ1) is 29.0. The van der Waals surface area contributed by atoms with Gasteiger partial charge in [-0.1, -0.05) is 25.7 Å². The van der Waals surface area contributed by atoms with Gasteiger partial charge < -0.3 is 15.0 Å². The maximum atomic E-state index is 14.9. The molecular weight excluding hydrogens is 550 g/mol. The largest absolute Gasteiger partial charge is 0.494 e. The molecule has 0 aliphatic carbocycles. The van der Waals surface area contributed by atoms with Gasteiger partial charge in [0.25, 0.3) is 11.8 Å². The van der Waals surface area contributed by atoms with Crippen LogP contribution in [0.15, 0.2) is 30.3 Å². The van der Waals surface area contributed by atoms with Crippen LogP contribution in [-0.2, 0) is 20.8 Å². The Labute approximate surface area is 227 Å². The second-order valence-electron chi connectivity index (χ2n) is 10.4. The highest BCUT2D eigenvalue weighted by Gasteiger charge is 2.41. The minimum absolute atomic E-state index is 0.0246. The fraction of sp³-hybridized carbons (Fsp3) is 0.400. The Kier molecular flexibility index (Phi) is 8.05. The highest BCUT2D eigenvalue weighted by Crippen LogP contribution is 2.42. The van der Waals surface area contributed by atoms with E-state index in [0.717, 1.165) is 22.0 Å². The fourth-order valence-corrected chi connectivity index (χ4v) is 7.54. The van der Waals surface area contributed by atoms with Gasteiger partial charge in [0, 0.05) is 17.4 Å². The molecule has 212 valence electrons. The maximum Gasteiger partial charge on any atom is 0.255 e. The molecule has 2 aliphatic heterocycles. The van der Waals surface area contributed by atoms with Gasteiger partial charge in [0.1, 0.15) is 30.0 Å². The summed E-state index contributed by atoms with van der Waals surface area (Å²) >= 11 is 0. The van der Waals surface area contributed by atoms with Gasteiger partial charge in [-0.15, -0.1) is 0 Å². The molecule has 1 fully saturated rings. The summed E-state index contributed by atoms with van der Waals surface area (Å²) in [5.74, 6) is -2.88. The van der Waals surface area contributed by atoms with Crippen LogP contribution in [0.25, 0.3) is 0 Å². The van der Waals surface area contributed by atoms with E-state index >= 15 is 0 Å². The van der Waals surface area contributed by atoms with Crippen molar-refractivity contribution >= 4 is 47.6 Å². The van der Waals surface area contributed by atoms with Crippen molar-refractivity contribution < 1.29 is 37.0 Å². The summed E-state index contributed by atoms with van der Waals surface area (Å²) in [6.07, 6.45) is 0.382. The second-order valence-corrected chi connectivity index (χ2v) is 17.2. The maximum absolute atomic E-state index is 14.9. The van der Waals surface area contributed by atoms with Crippen LogP contribution < -0.4 is 20.0 Å². The molecule has 2 aliphatic rings. The topological polar surface area (TPSA) is 131 Å². The minimum atomic E-state index is -3.67. The quantitative estimate of drug-likeness (QED) is 0.369. The van der Waals surface area contributed by atoms with Crippen LogP contribution in [0.2, 0.25) is 19.6 Å². The number of carbonyl (C=O) groups is 3. The number of nitrogens with zero attached hydrogens (tertiary/aromatic N) is 2. The van der Waals surface area contributed by atoms with E-state index in [-0.39, 0.29) is 17.4 Å². The molecule has 10 nitrogen and oxygen atoms in total. The molecule has 0 bridgehead atoms. The van der Waals surface area contributed by atoms with E-state index in [4.69, 9.17) is 4.74 Å². The van der Waals surface area contributed by atoms with Gasteiger partial charge in [0.15, 0.2) is 0 Å². The van der Waals surface area contributed by atoms with Crippen molar-refractivity contribution in [2.24, 2.45) is 0 Å². The predicted octanol–water partition coefficient (Wildman–Crippen LogP) is 2.99. The molecule has 2 aromatic carbocycles.